The van der Waals surface area contributed by atoms with Crippen LogP contribution in [0.4, 0.5) is 23.2 Å². The minimum atomic E-state index is -5.08. The number of Topliss-reactive ketones (excluding diaryl/α,β-unsaturated/α-hetero) is 1. The van der Waals surface area contributed by atoms with Crippen molar-refractivity contribution in [2.24, 2.45) is 0 Å². The molecule has 0 aliphatic carbocycles. The number of hydrogen-bond donors (Lipinski definition) is 5. The highest BCUT2D eigenvalue weighted by atomic mass is 35.5. The van der Waals surface area contributed by atoms with Crippen molar-refractivity contribution >= 4 is 46.5 Å². The molecule has 248 valence electrons. The summed E-state index contributed by atoms with van der Waals surface area (Å²) in [5.74, 6) is -3.91. The molecule has 1 saturated heterocycles. The molecule has 46 heavy (non-hydrogen) atoms. The Kier molecular flexibility index (Phi) is 11.2. The molecule has 1 amide bonds. The van der Waals surface area contributed by atoms with Crippen molar-refractivity contribution in [1.82, 2.24) is 5.32 Å². The van der Waals surface area contributed by atoms with Gasteiger partial charge in [-0.05, 0) is 66.8 Å². The van der Waals surface area contributed by atoms with Gasteiger partial charge in [0.2, 0.25) is 5.91 Å². The van der Waals surface area contributed by atoms with E-state index in [0.29, 0.717) is 41.1 Å². The topological polar surface area (TPSA) is 149 Å². The van der Waals surface area contributed by atoms with Crippen molar-refractivity contribution in [3.8, 4) is 0 Å². The molecule has 1 fully saturated rings. The first kappa shape index (κ1) is 35.4. The summed E-state index contributed by atoms with van der Waals surface area (Å²) in [6.07, 6.45) is -2.77. The number of anilines is 1. The van der Waals surface area contributed by atoms with Crippen molar-refractivity contribution < 1.29 is 51.7 Å². The van der Waals surface area contributed by atoms with Crippen LogP contribution in [-0.4, -0.2) is 64.0 Å². The monoisotopic (exact) mass is 688 g/mol. The van der Waals surface area contributed by atoms with Crippen molar-refractivity contribution in [3.05, 3.63) is 87.5 Å². The van der Waals surface area contributed by atoms with Crippen LogP contribution < -0.4 is 10.6 Å². The maximum atomic E-state index is 15.0. The lowest BCUT2D eigenvalue weighted by atomic mass is 9.63. The highest BCUT2D eigenvalue weighted by Gasteiger charge is 2.65. The summed E-state index contributed by atoms with van der Waals surface area (Å²) in [5, 5.41) is 32.7. The number of rotatable bonds is 10. The molecule has 2 aromatic carbocycles. The van der Waals surface area contributed by atoms with Crippen LogP contribution in [0.3, 0.4) is 0 Å². The van der Waals surface area contributed by atoms with E-state index in [2.05, 4.69) is 10.6 Å². The molecule has 1 aromatic heterocycles. The Bertz CT molecular complexity index is 1570. The van der Waals surface area contributed by atoms with Gasteiger partial charge in [0.1, 0.15) is 22.8 Å². The summed E-state index contributed by atoms with van der Waals surface area (Å²) in [4.78, 5) is 36.7. The van der Waals surface area contributed by atoms with Crippen LogP contribution in [-0.2, 0) is 26.2 Å². The number of aliphatic hydroxyl groups is 2. The number of halogens is 6. The maximum absolute atomic E-state index is 15.0. The smallest absolute Gasteiger partial charge is 0.475 e. The number of benzene rings is 2. The Morgan fingerprint density at radius 3 is 2.43 bits per heavy atom. The number of aryl methyl sites for hydroxylation is 1. The van der Waals surface area contributed by atoms with Crippen molar-refractivity contribution in [2.45, 2.75) is 67.8 Å². The van der Waals surface area contributed by atoms with Gasteiger partial charge in [-0.25, -0.2) is 9.18 Å². The fraction of sp³-hybridized carbons (Fsp3) is 0.387. The van der Waals surface area contributed by atoms with Gasteiger partial charge >= 0.3 is 12.1 Å². The SMILES string of the molecule is O=C(CCC[C@H](O)CO)[C@@H]1N[C@H](CCc2ccco2)[C@]2(C(=O)Nc3cc(Cl)c(F)cc32)[C@H]1c1cccc(Cl)c1.O=C(O)C(F)(F)F. The van der Waals surface area contributed by atoms with Gasteiger partial charge in [-0.3, -0.25) is 9.59 Å². The Morgan fingerprint density at radius 2 is 1.83 bits per heavy atom. The fourth-order valence-electron chi connectivity index (χ4n) is 6.16. The first-order chi connectivity index (χ1) is 21.7. The number of amides is 1. The molecule has 15 heteroatoms. The van der Waals surface area contributed by atoms with Crippen LogP contribution in [0.15, 0.2) is 59.2 Å². The minimum Gasteiger partial charge on any atom is -0.475 e. The summed E-state index contributed by atoms with van der Waals surface area (Å²) in [6.45, 7) is -0.385. The van der Waals surface area contributed by atoms with E-state index in [1.807, 2.05) is 12.1 Å². The zero-order chi connectivity index (χ0) is 33.8. The number of furan rings is 1. The molecular formula is C31H30Cl2F4N2O7. The average molecular weight is 689 g/mol. The molecule has 0 saturated carbocycles. The molecule has 0 unspecified atom stereocenters. The lowest BCUT2D eigenvalue weighted by Gasteiger charge is -2.35. The molecule has 9 nitrogen and oxygen atoms in total. The Labute approximate surface area is 270 Å². The second-order valence-corrected chi connectivity index (χ2v) is 11.8. The number of ketones is 1. The van der Waals surface area contributed by atoms with Crippen molar-refractivity contribution in [2.75, 3.05) is 11.9 Å². The van der Waals surface area contributed by atoms with Gasteiger partial charge in [0.25, 0.3) is 0 Å². The quantitative estimate of drug-likeness (QED) is 0.178. The summed E-state index contributed by atoms with van der Waals surface area (Å²) < 4.78 is 52.2. The summed E-state index contributed by atoms with van der Waals surface area (Å²) in [5.41, 5.74) is 0.163. The third kappa shape index (κ3) is 7.39. The number of hydrogen-bond acceptors (Lipinski definition) is 7. The van der Waals surface area contributed by atoms with Crippen LogP contribution >= 0.6 is 23.2 Å². The van der Waals surface area contributed by atoms with Gasteiger partial charge in [0.15, 0.2) is 0 Å². The Morgan fingerprint density at radius 1 is 1.11 bits per heavy atom. The number of carboxylic acid groups (broad SMARTS) is 1. The molecule has 0 radical (unpaired) electrons. The van der Waals surface area contributed by atoms with E-state index >= 15 is 0 Å². The molecule has 0 bridgehead atoms. The second kappa shape index (κ2) is 14.5. The van der Waals surface area contributed by atoms with Gasteiger partial charge in [0.05, 0.1) is 30.0 Å². The van der Waals surface area contributed by atoms with Crippen LogP contribution in [0.2, 0.25) is 10.0 Å². The van der Waals surface area contributed by atoms with E-state index in [9.17, 15) is 32.3 Å². The predicted molar refractivity (Wildman–Crippen MR) is 159 cm³/mol. The zero-order valence-corrected chi connectivity index (χ0v) is 25.5. The number of carboxylic acids is 1. The predicted octanol–water partition coefficient (Wildman–Crippen LogP) is 5.40. The Hall–Kier alpha value is -3.49. The van der Waals surface area contributed by atoms with E-state index in [1.54, 1.807) is 30.5 Å². The molecular weight excluding hydrogens is 659 g/mol. The second-order valence-electron chi connectivity index (χ2n) is 11.0. The number of aliphatic hydroxyl groups excluding tert-OH is 2. The first-order valence-corrected chi connectivity index (χ1v) is 14.9. The van der Waals surface area contributed by atoms with Gasteiger partial charge in [0, 0.05) is 35.5 Å². The van der Waals surface area contributed by atoms with Crippen LogP contribution in [0.25, 0.3) is 0 Å². The molecule has 3 aromatic rings. The normalized spacial score (nSPS) is 22.6. The van der Waals surface area contributed by atoms with Gasteiger partial charge in [-0.15, -0.1) is 0 Å². The minimum absolute atomic E-state index is 0.112. The first-order valence-electron chi connectivity index (χ1n) is 14.2. The number of carbonyl (C=O) groups excluding carboxylic acids is 2. The zero-order valence-electron chi connectivity index (χ0n) is 24.0. The lowest BCUT2D eigenvalue weighted by Crippen LogP contribution is -2.48. The van der Waals surface area contributed by atoms with Crippen molar-refractivity contribution in [1.29, 1.82) is 0 Å². The van der Waals surface area contributed by atoms with Gasteiger partial charge < -0.3 is 30.4 Å². The third-order valence-electron chi connectivity index (χ3n) is 8.11. The standard InChI is InChI=1S/C29H29Cl2FN2O5.C2HF3O2/c30-17-5-1-4-16(12-17)26-27(24(37)8-2-6-18(36)15-35)34-25(10-9-19-7-3-11-39-19)29(26)20-13-22(32)21(31)14-23(20)33-28(29)38;3-2(4,5)1(6)7/h1,3-5,7,11-14,18,25-27,34-36H,2,6,8-10,15H2,(H,33,38);(H,6,7)/t18-,25+,26-,27-,29-;/m0./s1. The van der Waals surface area contributed by atoms with Crippen LogP contribution in [0.1, 0.15) is 48.5 Å². The van der Waals surface area contributed by atoms with Crippen molar-refractivity contribution in [3.63, 3.8) is 0 Å². The third-order valence-corrected chi connectivity index (χ3v) is 8.64. The largest absolute Gasteiger partial charge is 0.490 e. The Balaban J connectivity index is 0.000000617. The van der Waals surface area contributed by atoms with E-state index in [4.69, 9.17) is 42.6 Å². The number of carbonyl (C=O) groups is 3. The number of aliphatic carboxylic acids is 1. The molecule has 2 aliphatic heterocycles. The van der Waals surface area contributed by atoms with Crippen LogP contribution in [0, 0.1) is 5.82 Å². The highest BCUT2D eigenvalue weighted by molar-refractivity contribution is 6.31. The number of fused-ring (bicyclic) bond motifs is 2. The fourth-order valence-corrected chi connectivity index (χ4v) is 6.53. The molecule has 5 rings (SSSR count). The molecule has 2 aliphatic rings. The highest BCUT2D eigenvalue weighted by Crippen LogP contribution is 2.56. The van der Waals surface area contributed by atoms with E-state index < -0.39 is 47.5 Å². The summed E-state index contributed by atoms with van der Waals surface area (Å²) in [6, 6.07) is 12.0. The van der Waals surface area contributed by atoms with E-state index in [0.717, 1.165) is 5.76 Å². The molecule has 1 spiro atoms. The summed E-state index contributed by atoms with van der Waals surface area (Å²) in [7, 11) is 0. The van der Waals surface area contributed by atoms with E-state index in [-0.39, 0.29) is 36.2 Å². The summed E-state index contributed by atoms with van der Waals surface area (Å²) >= 11 is 12.5. The molecule has 5 N–H and O–H groups in total. The maximum Gasteiger partial charge on any atom is 0.490 e. The lowest BCUT2D eigenvalue weighted by molar-refractivity contribution is -0.192. The van der Waals surface area contributed by atoms with Crippen LogP contribution in [0.5, 0.6) is 0 Å². The molecule has 5 atom stereocenters. The van der Waals surface area contributed by atoms with E-state index in [1.165, 1.54) is 12.1 Å². The molecule has 3 heterocycles. The number of nitrogens with one attached hydrogen (secondary N) is 2. The average Bonchev–Trinajstić information content (AvgIpc) is 3.70. The van der Waals surface area contributed by atoms with Gasteiger partial charge in [-0.1, -0.05) is 35.3 Å². The number of alkyl halides is 3. The van der Waals surface area contributed by atoms with Gasteiger partial charge in [-0.2, -0.15) is 13.2 Å².